The van der Waals surface area contributed by atoms with Gasteiger partial charge in [-0.3, -0.25) is 9.69 Å². The number of nitrogens with zero attached hydrogens (tertiary/aromatic N) is 1. The van der Waals surface area contributed by atoms with Crippen LogP contribution >= 0.6 is 0 Å². The first-order valence-electron chi connectivity index (χ1n) is 18.3. The van der Waals surface area contributed by atoms with Crippen LogP contribution in [-0.4, -0.2) is 133 Å². The maximum absolute atomic E-state index is 14.1. The molecule has 12 nitrogen and oxygen atoms in total. The molecule has 16 atom stereocenters. The standard InChI is InChI=1S/C37H68N2O10/c1-14-28-21(3)15-22(4)39(12)19-20(2)17-36(9,43)33(49-35-30(40)27(38-11)16-23(5)45-35)24(6)31(25(7)34(42)47-28)48-29-18-37(10,44-13)32(41)26(8)46-29/h15,20,22-33,35,38,40-41,43H,14,16-19H2,1-13H3/b21-15+/t20-,22-,23-,24+,25-,26+,27+,28-,29+,30-,31+,32+,33-,35+,36-,37-/m1/s1. The third-order valence-electron chi connectivity index (χ3n) is 11.2. The molecular weight excluding hydrogens is 632 g/mol. The Morgan fingerprint density at radius 3 is 2.31 bits per heavy atom. The molecule has 3 heterocycles. The number of esters is 1. The first-order valence-corrected chi connectivity index (χ1v) is 18.3. The number of cyclic esters (lactones) is 1. The summed E-state index contributed by atoms with van der Waals surface area (Å²) in [6, 6.07) is -0.213. The van der Waals surface area contributed by atoms with Gasteiger partial charge in [-0.2, -0.15) is 0 Å². The van der Waals surface area contributed by atoms with Gasteiger partial charge in [-0.1, -0.05) is 26.8 Å². The highest BCUT2D eigenvalue weighted by Gasteiger charge is 2.51. The van der Waals surface area contributed by atoms with Crippen LogP contribution in [-0.2, 0) is 33.2 Å². The van der Waals surface area contributed by atoms with Gasteiger partial charge in [0.25, 0.3) is 0 Å². The summed E-state index contributed by atoms with van der Waals surface area (Å²) in [4.78, 5) is 16.3. The van der Waals surface area contributed by atoms with E-state index < -0.39 is 78.2 Å². The van der Waals surface area contributed by atoms with Crippen LogP contribution in [0.1, 0.15) is 94.9 Å². The fourth-order valence-corrected chi connectivity index (χ4v) is 8.11. The number of carbonyl (C=O) groups is 1. The predicted octanol–water partition coefficient (Wildman–Crippen LogP) is 3.39. The number of carbonyl (C=O) groups excluding carboxylic acids is 1. The van der Waals surface area contributed by atoms with E-state index in [0.717, 1.165) is 5.57 Å². The van der Waals surface area contributed by atoms with E-state index in [0.29, 0.717) is 25.8 Å². The van der Waals surface area contributed by atoms with Crippen molar-refractivity contribution in [2.24, 2.45) is 17.8 Å². The van der Waals surface area contributed by atoms with Crippen LogP contribution in [0.3, 0.4) is 0 Å². The van der Waals surface area contributed by atoms with Crippen molar-refractivity contribution in [1.29, 1.82) is 0 Å². The summed E-state index contributed by atoms with van der Waals surface area (Å²) in [5.41, 5.74) is -1.43. The van der Waals surface area contributed by atoms with Gasteiger partial charge in [0.15, 0.2) is 12.6 Å². The average molecular weight is 701 g/mol. The van der Waals surface area contributed by atoms with Crippen LogP contribution in [0.15, 0.2) is 11.6 Å². The van der Waals surface area contributed by atoms with Crippen molar-refractivity contribution in [3.63, 3.8) is 0 Å². The second kappa shape index (κ2) is 17.6. The van der Waals surface area contributed by atoms with Gasteiger partial charge in [-0.05, 0) is 93.3 Å². The topological polar surface area (TPSA) is 148 Å². The Hall–Kier alpha value is -1.19. The second-order valence-electron chi connectivity index (χ2n) is 15.8. The third-order valence-corrected chi connectivity index (χ3v) is 11.2. The lowest BCUT2D eigenvalue weighted by molar-refractivity contribution is -0.315. The molecule has 286 valence electrons. The summed E-state index contributed by atoms with van der Waals surface area (Å²) in [5, 5.41) is 37.8. The number of aliphatic hydroxyl groups is 3. The lowest BCUT2D eigenvalue weighted by atomic mass is 9.77. The monoisotopic (exact) mass is 700 g/mol. The quantitative estimate of drug-likeness (QED) is 0.228. The van der Waals surface area contributed by atoms with Crippen molar-refractivity contribution < 1.29 is 48.5 Å². The van der Waals surface area contributed by atoms with Crippen LogP contribution in [0, 0.1) is 17.8 Å². The van der Waals surface area contributed by atoms with E-state index in [2.05, 4.69) is 37.2 Å². The highest BCUT2D eigenvalue weighted by atomic mass is 16.7. The van der Waals surface area contributed by atoms with E-state index in [1.165, 1.54) is 0 Å². The molecule has 0 aromatic heterocycles. The Bertz CT molecular complexity index is 1090. The van der Waals surface area contributed by atoms with Crippen LogP contribution in [0.25, 0.3) is 0 Å². The summed E-state index contributed by atoms with van der Waals surface area (Å²) < 4.78 is 37.7. The molecule has 0 amide bonds. The average Bonchev–Trinajstić information content (AvgIpc) is 3.03. The SMILES string of the molecule is CC[C@H]1OC(=O)[C@H](C)[C@@H](O[C@H]2C[C@@](C)(OC)[C@@H](O)[C@H](C)O2)[C@H](C)[C@@H](O[C@@H]2O[C@H](C)C[C@H](NC)[C@H]2O)[C@](C)(O)C[C@@H](C)CN(C)[C@H](C)/C=C/1C. The van der Waals surface area contributed by atoms with E-state index in [1.54, 1.807) is 34.9 Å². The van der Waals surface area contributed by atoms with Crippen molar-refractivity contribution in [3.8, 4) is 0 Å². The number of hydrogen-bond acceptors (Lipinski definition) is 12. The molecule has 0 spiro atoms. The number of aliphatic hydroxyl groups excluding tert-OH is 2. The van der Waals surface area contributed by atoms with E-state index in [4.69, 9.17) is 28.4 Å². The van der Waals surface area contributed by atoms with Gasteiger partial charge in [0.2, 0.25) is 0 Å². The molecule has 0 saturated carbocycles. The summed E-state index contributed by atoms with van der Waals surface area (Å²) in [6.45, 7) is 19.8. The summed E-state index contributed by atoms with van der Waals surface area (Å²) in [5.74, 6) is -1.86. The smallest absolute Gasteiger partial charge is 0.311 e. The molecule has 4 N–H and O–H groups in total. The maximum Gasteiger partial charge on any atom is 0.311 e. The molecule has 0 bridgehead atoms. The van der Waals surface area contributed by atoms with Gasteiger partial charge in [-0.15, -0.1) is 0 Å². The Balaban J connectivity index is 2.13. The molecular formula is C37H68N2O10. The molecule has 0 unspecified atom stereocenters. The Kier molecular flexibility index (Phi) is 15.1. The maximum atomic E-state index is 14.1. The highest BCUT2D eigenvalue weighted by molar-refractivity contribution is 5.73. The van der Waals surface area contributed by atoms with Crippen LogP contribution < -0.4 is 5.32 Å². The molecule has 3 rings (SSSR count). The molecule has 0 aromatic rings. The second-order valence-corrected chi connectivity index (χ2v) is 15.8. The van der Waals surface area contributed by atoms with Gasteiger partial charge in [0, 0.05) is 38.1 Å². The summed E-state index contributed by atoms with van der Waals surface area (Å²) in [6.07, 6.45) is -2.96. The molecule has 2 fully saturated rings. The Morgan fingerprint density at radius 1 is 1.06 bits per heavy atom. The number of ether oxygens (including phenoxy) is 6. The molecule has 3 aliphatic heterocycles. The van der Waals surface area contributed by atoms with Crippen molar-refractivity contribution in [2.75, 3.05) is 27.7 Å². The van der Waals surface area contributed by atoms with Crippen molar-refractivity contribution in [3.05, 3.63) is 11.6 Å². The minimum atomic E-state index is -1.44. The fraction of sp³-hybridized carbons (Fsp3) is 0.919. The molecule has 0 aromatic carbocycles. The third kappa shape index (κ3) is 10.2. The van der Waals surface area contributed by atoms with Crippen LogP contribution in [0.4, 0.5) is 0 Å². The molecule has 3 aliphatic rings. The van der Waals surface area contributed by atoms with Gasteiger partial charge >= 0.3 is 5.97 Å². The molecule has 12 heteroatoms. The van der Waals surface area contributed by atoms with E-state index in [-0.39, 0.29) is 30.5 Å². The first kappa shape index (κ1) is 42.2. The molecule has 0 aliphatic carbocycles. The zero-order valence-corrected chi connectivity index (χ0v) is 32.3. The first-order chi connectivity index (χ1) is 22.8. The molecule has 49 heavy (non-hydrogen) atoms. The number of likely N-dealkylation sites (N-methyl/N-ethyl adjacent to an activating group) is 2. The van der Waals surface area contributed by atoms with E-state index >= 15 is 0 Å². The lowest BCUT2D eigenvalue weighted by Gasteiger charge is -2.48. The van der Waals surface area contributed by atoms with Gasteiger partial charge in [0.05, 0.1) is 41.5 Å². The van der Waals surface area contributed by atoms with Crippen molar-refractivity contribution >= 4 is 5.97 Å². The van der Waals surface area contributed by atoms with Gasteiger partial charge in [-0.25, -0.2) is 0 Å². The van der Waals surface area contributed by atoms with E-state index in [1.807, 2.05) is 34.6 Å². The summed E-state index contributed by atoms with van der Waals surface area (Å²) >= 11 is 0. The predicted molar refractivity (Wildman–Crippen MR) is 187 cm³/mol. The van der Waals surface area contributed by atoms with E-state index in [9.17, 15) is 20.1 Å². The largest absolute Gasteiger partial charge is 0.458 e. The van der Waals surface area contributed by atoms with Crippen LogP contribution in [0.5, 0.6) is 0 Å². The highest BCUT2D eigenvalue weighted by Crippen LogP contribution is 2.39. The number of methoxy groups -OCH3 is 1. The molecule has 0 radical (unpaired) electrons. The lowest BCUT2D eigenvalue weighted by Crippen LogP contribution is -2.60. The minimum Gasteiger partial charge on any atom is -0.458 e. The Labute approximate surface area is 295 Å². The van der Waals surface area contributed by atoms with Crippen molar-refractivity contribution in [1.82, 2.24) is 10.2 Å². The van der Waals surface area contributed by atoms with Gasteiger partial charge < -0.3 is 49.1 Å². The van der Waals surface area contributed by atoms with Crippen LogP contribution in [0.2, 0.25) is 0 Å². The zero-order chi connectivity index (χ0) is 37.0. The number of nitrogens with one attached hydrogen (secondary N) is 1. The minimum absolute atomic E-state index is 0.0452. The molecule has 2 saturated heterocycles. The fourth-order valence-electron chi connectivity index (χ4n) is 8.11. The zero-order valence-electron chi connectivity index (χ0n) is 32.3. The normalized spacial score (nSPS) is 48.2. The number of rotatable bonds is 7. The summed E-state index contributed by atoms with van der Waals surface area (Å²) in [7, 11) is 5.38. The Morgan fingerprint density at radius 2 is 1.71 bits per heavy atom. The van der Waals surface area contributed by atoms with Crippen molar-refractivity contribution in [2.45, 2.75) is 174 Å². The van der Waals surface area contributed by atoms with Gasteiger partial charge in [0.1, 0.15) is 18.3 Å². The number of hydrogen-bond donors (Lipinski definition) is 4.